The van der Waals surface area contributed by atoms with Gasteiger partial charge < -0.3 is 5.11 Å². The van der Waals surface area contributed by atoms with Gasteiger partial charge in [-0.15, -0.1) is 0 Å². The Balaban J connectivity index is 2.99. The van der Waals surface area contributed by atoms with Crippen molar-refractivity contribution in [2.45, 2.75) is 27.2 Å². The van der Waals surface area contributed by atoms with Crippen molar-refractivity contribution in [3.63, 3.8) is 0 Å². The van der Waals surface area contributed by atoms with Crippen molar-refractivity contribution in [1.29, 1.82) is 0 Å². The van der Waals surface area contributed by atoms with Gasteiger partial charge >= 0.3 is 5.97 Å². The van der Waals surface area contributed by atoms with E-state index in [1.165, 1.54) is 0 Å². The predicted molar refractivity (Wildman–Crippen MR) is 43.3 cm³/mol. The first kappa shape index (κ1) is 8.31. The molecule has 1 N–H and O–H groups in total. The van der Waals surface area contributed by atoms with Gasteiger partial charge in [0.1, 0.15) is 0 Å². The zero-order valence-corrected chi connectivity index (χ0v) is 7.22. The number of aliphatic carboxylic acids is 1. The van der Waals surface area contributed by atoms with Crippen LogP contribution in [0, 0.1) is 10.8 Å². The summed E-state index contributed by atoms with van der Waals surface area (Å²) in [6, 6.07) is 0. The summed E-state index contributed by atoms with van der Waals surface area (Å²) in [5.74, 6) is -0.701. The highest BCUT2D eigenvalue weighted by molar-refractivity contribution is 5.76. The standard InChI is InChI=1S/C9H14O2/c1-8(2)5-4-6-9(8,3)7(10)11/h4-5H,6H2,1-3H3,(H,10,11). The third-order valence-corrected chi connectivity index (χ3v) is 2.95. The molecular weight excluding hydrogens is 140 g/mol. The summed E-state index contributed by atoms with van der Waals surface area (Å²) in [6.07, 6.45) is 4.59. The number of carboxylic acid groups (broad SMARTS) is 1. The summed E-state index contributed by atoms with van der Waals surface area (Å²) in [5.41, 5.74) is -0.814. The van der Waals surface area contributed by atoms with Crippen LogP contribution >= 0.6 is 0 Å². The lowest BCUT2D eigenvalue weighted by Gasteiger charge is -2.33. The largest absolute Gasteiger partial charge is 0.481 e. The maximum atomic E-state index is 10.9. The van der Waals surface area contributed by atoms with E-state index in [9.17, 15) is 4.79 Å². The van der Waals surface area contributed by atoms with Gasteiger partial charge in [0.05, 0.1) is 5.41 Å². The van der Waals surface area contributed by atoms with Crippen molar-refractivity contribution >= 4 is 5.97 Å². The Bertz CT molecular complexity index is 216. The van der Waals surface area contributed by atoms with Gasteiger partial charge in [-0.3, -0.25) is 4.79 Å². The van der Waals surface area contributed by atoms with E-state index >= 15 is 0 Å². The van der Waals surface area contributed by atoms with Crippen LogP contribution in [-0.2, 0) is 4.79 Å². The minimum Gasteiger partial charge on any atom is -0.481 e. The molecule has 2 nitrogen and oxygen atoms in total. The molecule has 62 valence electrons. The monoisotopic (exact) mass is 154 g/mol. The van der Waals surface area contributed by atoms with Crippen LogP contribution in [0.2, 0.25) is 0 Å². The minimum absolute atomic E-state index is 0.209. The molecule has 0 fully saturated rings. The van der Waals surface area contributed by atoms with E-state index in [4.69, 9.17) is 5.11 Å². The van der Waals surface area contributed by atoms with E-state index < -0.39 is 11.4 Å². The van der Waals surface area contributed by atoms with Crippen LogP contribution in [0.1, 0.15) is 27.2 Å². The minimum atomic E-state index is -0.701. The van der Waals surface area contributed by atoms with Crippen LogP contribution in [0.3, 0.4) is 0 Å². The molecular formula is C9H14O2. The summed E-state index contributed by atoms with van der Waals surface area (Å²) < 4.78 is 0. The Labute approximate surface area is 66.9 Å². The van der Waals surface area contributed by atoms with E-state index in [1.807, 2.05) is 26.0 Å². The Morgan fingerprint density at radius 3 is 2.18 bits per heavy atom. The Morgan fingerprint density at radius 2 is 2.00 bits per heavy atom. The third kappa shape index (κ3) is 0.971. The smallest absolute Gasteiger partial charge is 0.310 e. The summed E-state index contributed by atoms with van der Waals surface area (Å²) in [7, 11) is 0. The van der Waals surface area contributed by atoms with E-state index in [0.717, 1.165) is 0 Å². The van der Waals surface area contributed by atoms with Gasteiger partial charge in [-0.1, -0.05) is 26.0 Å². The predicted octanol–water partition coefficient (Wildman–Crippen LogP) is 2.06. The number of hydrogen-bond acceptors (Lipinski definition) is 1. The lowest BCUT2D eigenvalue weighted by molar-refractivity contribution is -0.152. The van der Waals surface area contributed by atoms with Crippen molar-refractivity contribution in [2.75, 3.05) is 0 Å². The number of allylic oxidation sites excluding steroid dienone is 2. The van der Waals surface area contributed by atoms with E-state index in [2.05, 4.69) is 0 Å². The SMILES string of the molecule is CC1(C)C=CCC1(C)C(=O)O. The molecule has 0 saturated heterocycles. The van der Waals surface area contributed by atoms with Gasteiger partial charge in [0.25, 0.3) is 0 Å². The van der Waals surface area contributed by atoms with Crippen LogP contribution < -0.4 is 0 Å². The zero-order chi connectivity index (χ0) is 8.70. The maximum Gasteiger partial charge on any atom is 0.310 e. The fourth-order valence-corrected chi connectivity index (χ4v) is 1.40. The second-order valence-electron chi connectivity index (χ2n) is 3.97. The summed E-state index contributed by atoms with van der Waals surface area (Å²) in [6.45, 7) is 5.73. The van der Waals surface area contributed by atoms with Gasteiger partial charge in [0.15, 0.2) is 0 Å². The first-order chi connectivity index (χ1) is 4.90. The third-order valence-electron chi connectivity index (χ3n) is 2.95. The molecule has 0 aliphatic heterocycles. The van der Waals surface area contributed by atoms with Crippen molar-refractivity contribution in [3.05, 3.63) is 12.2 Å². The fourth-order valence-electron chi connectivity index (χ4n) is 1.40. The second-order valence-corrected chi connectivity index (χ2v) is 3.97. The second kappa shape index (κ2) is 2.10. The van der Waals surface area contributed by atoms with Crippen molar-refractivity contribution in [3.8, 4) is 0 Å². The van der Waals surface area contributed by atoms with Gasteiger partial charge in [0, 0.05) is 0 Å². The topological polar surface area (TPSA) is 37.3 Å². The van der Waals surface area contributed by atoms with Crippen molar-refractivity contribution in [2.24, 2.45) is 10.8 Å². The number of carboxylic acids is 1. The lowest BCUT2D eigenvalue weighted by atomic mass is 9.69. The molecule has 0 spiro atoms. The van der Waals surface area contributed by atoms with Crippen LogP contribution in [0.25, 0.3) is 0 Å². The van der Waals surface area contributed by atoms with Crippen LogP contribution in [0.5, 0.6) is 0 Å². The molecule has 11 heavy (non-hydrogen) atoms. The molecule has 0 aromatic carbocycles. The molecule has 1 aliphatic carbocycles. The molecule has 1 atom stereocenters. The Hall–Kier alpha value is -0.790. The molecule has 0 heterocycles. The lowest BCUT2D eigenvalue weighted by Crippen LogP contribution is -2.37. The molecule has 1 aliphatic rings. The quantitative estimate of drug-likeness (QED) is 0.587. The molecule has 1 rings (SSSR count). The van der Waals surface area contributed by atoms with Gasteiger partial charge in [0.2, 0.25) is 0 Å². The average molecular weight is 154 g/mol. The number of rotatable bonds is 1. The average Bonchev–Trinajstić information content (AvgIpc) is 2.09. The first-order valence-electron chi connectivity index (χ1n) is 3.81. The first-order valence-corrected chi connectivity index (χ1v) is 3.81. The Morgan fingerprint density at radius 1 is 1.45 bits per heavy atom. The zero-order valence-electron chi connectivity index (χ0n) is 7.22. The molecule has 1 unspecified atom stereocenters. The van der Waals surface area contributed by atoms with Crippen LogP contribution in [0.4, 0.5) is 0 Å². The highest BCUT2D eigenvalue weighted by Gasteiger charge is 2.47. The van der Waals surface area contributed by atoms with Gasteiger partial charge in [-0.25, -0.2) is 0 Å². The van der Waals surface area contributed by atoms with Crippen molar-refractivity contribution < 1.29 is 9.90 Å². The van der Waals surface area contributed by atoms with Crippen LogP contribution in [-0.4, -0.2) is 11.1 Å². The molecule has 0 saturated carbocycles. The highest BCUT2D eigenvalue weighted by atomic mass is 16.4. The normalized spacial score (nSPS) is 34.1. The Kier molecular flexibility index (Phi) is 1.58. The van der Waals surface area contributed by atoms with Crippen molar-refractivity contribution in [1.82, 2.24) is 0 Å². The summed E-state index contributed by atoms with van der Waals surface area (Å²) >= 11 is 0. The molecule has 0 radical (unpaired) electrons. The van der Waals surface area contributed by atoms with E-state index in [0.29, 0.717) is 6.42 Å². The molecule has 2 heteroatoms. The summed E-state index contributed by atoms with van der Waals surface area (Å²) in [5, 5.41) is 8.97. The van der Waals surface area contributed by atoms with Gasteiger partial charge in [-0.05, 0) is 18.8 Å². The van der Waals surface area contributed by atoms with E-state index in [-0.39, 0.29) is 5.41 Å². The molecule has 0 aromatic rings. The molecule has 0 amide bonds. The van der Waals surface area contributed by atoms with Gasteiger partial charge in [-0.2, -0.15) is 0 Å². The van der Waals surface area contributed by atoms with Crippen LogP contribution in [0.15, 0.2) is 12.2 Å². The molecule has 0 aromatic heterocycles. The maximum absolute atomic E-state index is 10.9. The molecule has 0 bridgehead atoms. The highest BCUT2D eigenvalue weighted by Crippen LogP contribution is 2.47. The number of hydrogen-bond donors (Lipinski definition) is 1. The summed E-state index contributed by atoms with van der Waals surface area (Å²) in [4.78, 5) is 10.9. The van der Waals surface area contributed by atoms with E-state index in [1.54, 1.807) is 6.92 Å². The fraction of sp³-hybridized carbons (Fsp3) is 0.667. The number of carbonyl (C=O) groups is 1.